The van der Waals surface area contributed by atoms with E-state index < -0.39 is 6.04 Å². The molecule has 1 saturated heterocycles. The highest BCUT2D eigenvalue weighted by molar-refractivity contribution is 5.82. The third-order valence-corrected chi connectivity index (χ3v) is 3.44. The molecule has 0 amide bonds. The smallest absolute Gasteiger partial charge is 0.330 e. The number of ether oxygens (including phenoxy) is 2. The van der Waals surface area contributed by atoms with E-state index in [2.05, 4.69) is 11.4 Å². The van der Waals surface area contributed by atoms with Gasteiger partial charge in [0.05, 0.1) is 25.0 Å². The lowest BCUT2D eigenvalue weighted by atomic mass is 10.1. The molecule has 1 heterocycles. The van der Waals surface area contributed by atoms with Crippen molar-refractivity contribution in [2.45, 2.75) is 13.0 Å². The van der Waals surface area contributed by atoms with Crippen molar-refractivity contribution in [3.8, 4) is 11.8 Å². The van der Waals surface area contributed by atoms with Gasteiger partial charge < -0.3 is 19.7 Å². The van der Waals surface area contributed by atoms with Crippen LogP contribution in [0.3, 0.4) is 0 Å². The van der Waals surface area contributed by atoms with E-state index in [1.807, 2.05) is 4.90 Å². The van der Waals surface area contributed by atoms with Gasteiger partial charge in [0.15, 0.2) is 0 Å². The minimum absolute atomic E-state index is 0.281. The van der Waals surface area contributed by atoms with Crippen molar-refractivity contribution in [2.24, 2.45) is 0 Å². The van der Waals surface area contributed by atoms with Crippen molar-refractivity contribution in [3.63, 3.8) is 0 Å². The summed E-state index contributed by atoms with van der Waals surface area (Å²) in [6, 6.07) is 6.97. The Morgan fingerprint density at radius 3 is 3.05 bits per heavy atom. The van der Waals surface area contributed by atoms with Crippen LogP contribution in [0.4, 0.5) is 5.69 Å². The molecule has 112 valence electrons. The number of nitrogens with zero attached hydrogens (tertiary/aromatic N) is 2. The Balaban J connectivity index is 2.37. The summed E-state index contributed by atoms with van der Waals surface area (Å²) in [5.74, 6) is 0.376. The Morgan fingerprint density at radius 2 is 2.38 bits per heavy atom. The first-order chi connectivity index (χ1) is 10.2. The second-order valence-corrected chi connectivity index (χ2v) is 4.66. The van der Waals surface area contributed by atoms with Crippen LogP contribution in [0.15, 0.2) is 18.2 Å². The molecule has 6 nitrogen and oxygen atoms in total. The lowest BCUT2D eigenvalue weighted by Gasteiger charge is -2.36. The first-order valence-electron chi connectivity index (χ1n) is 6.93. The number of anilines is 1. The Hall–Kier alpha value is -2.26. The maximum absolute atomic E-state index is 12.1. The van der Waals surface area contributed by atoms with Crippen LogP contribution in [0, 0.1) is 11.3 Å². The third kappa shape index (κ3) is 3.26. The lowest BCUT2D eigenvalue weighted by Crippen LogP contribution is -2.55. The highest BCUT2D eigenvalue weighted by atomic mass is 16.5. The van der Waals surface area contributed by atoms with Gasteiger partial charge in [-0.15, -0.1) is 0 Å². The van der Waals surface area contributed by atoms with E-state index in [1.165, 1.54) is 0 Å². The van der Waals surface area contributed by atoms with E-state index >= 15 is 0 Å². The molecular weight excluding hydrogens is 270 g/mol. The van der Waals surface area contributed by atoms with Crippen molar-refractivity contribution >= 4 is 11.7 Å². The molecule has 0 bridgehead atoms. The number of benzene rings is 1. The minimum Gasteiger partial charge on any atom is -0.497 e. The predicted octanol–water partition coefficient (Wildman–Crippen LogP) is 0.908. The third-order valence-electron chi connectivity index (χ3n) is 3.44. The van der Waals surface area contributed by atoms with Gasteiger partial charge in [0.2, 0.25) is 0 Å². The highest BCUT2D eigenvalue weighted by Gasteiger charge is 2.31. The van der Waals surface area contributed by atoms with Crippen molar-refractivity contribution in [2.75, 3.05) is 38.3 Å². The number of nitrogens with one attached hydrogen (secondary N) is 1. The number of piperazine rings is 1. The summed E-state index contributed by atoms with van der Waals surface area (Å²) in [5.41, 5.74) is 1.23. The average Bonchev–Trinajstić information content (AvgIpc) is 2.54. The van der Waals surface area contributed by atoms with Crippen LogP contribution in [0.1, 0.15) is 12.5 Å². The molecule has 6 heteroatoms. The fourth-order valence-corrected chi connectivity index (χ4v) is 2.41. The largest absolute Gasteiger partial charge is 0.497 e. The number of hydrogen-bond donors (Lipinski definition) is 1. The lowest BCUT2D eigenvalue weighted by molar-refractivity contribution is -0.144. The van der Waals surface area contributed by atoms with E-state index in [-0.39, 0.29) is 5.97 Å². The Kier molecular flexibility index (Phi) is 5.01. The number of nitriles is 1. The zero-order valence-corrected chi connectivity index (χ0v) is 12.3. The number of carbonyl (C=O) groups excluding carboxylic acids is 1. The van der Waals surface area contributed by atoms with Gasteiger partial charge in [-0.25, -0.2) is 4.79 Å². The predicted molar refractivity (Wildman–Crippen MR) is 78.3 cm³/mol. The van der Waals surface area contributed by atoms with Gasteiger partial charge in [0.25, 0.3) is 0 Å². The van der Waals surface area contributed by atoms with Gasteiger partial charge in [-0.05, 0) is 19.1 Å². The maximum atomic E-state index is 12.1. The number of rotatable bonds is 4. The number of esters is 1. The maximum Gasteiger partial charge on any atom is 0.330 e. The summed E-state index contributed by atoms with van der Waals surface area (Å²) in [6.07, 6.45) is 0. The van der Waals surface area contributed by atoms with Crippen LogP contribution in [0.5, 0.6) is 5.75 Å². The summed E-state index contributed by atoms with van der Waals surface area (Å²) in [4.78, 5) is 14.0. The molecule has 0 aromatic heterocycles. The van der Waals surface area contributed by atoms with E-state index in [0.29, 0.717) is 36.7 Å². The van der Waals surface area contributed by atoms with Gasteiger partial charge in [-0.2, -0.15) is 5.26 Å². The molecular formula is C15H19N3O3. The second kappa shape index (κ2) is 6.95. The first-order valence-corrected chi connectivity index (χ1v) is 6.93. The normalized spacial score (nSPS) is 18.0. The average molecular weight is 289 g/mol. The van der Waals surface area contributed by atoms with Gasteiger partial charge in [0, 0.05) is 25.7 Å². The van der Waals surface area contributed by atoms with Gasteiger partial charge in [-0.3, -0.25) is 0 Å². The van der Waals surface area contributed by atoms with E-state index in [1.54, 1.807) is 32.2 Å². The summed E-state index contributed by atoms with van der Waals surface area (Å²) in [6.45, 7) is 4.00. The Morgan fingerprint density at radius 1 is 1.57 bits per heavy atom. The quantitative estimate of drug-likeness (QED) is 0.830. The Bertz CT molecular complexity index is 554. The molecule has 1 aliphatic rings. The molecule has 1 N–H and O–H groups in total. The van der Waals surface area contributed by atoms with E-state index in [9.17, 15) is 10.1 Å². The number of methoxy groups -OCH3 is 1. The molecule has 0 saturated carbocycles. The second-order valence-electron chi connectivity index (χ2n) is 4.66. The first kappa shape index (κ1) is 15.1. The van der Waals surface area contributed by atoms with Crippen molar-refractivity contribution < 1.29 is 14.3 Å². The van der Waals surface area contributed by atoms with Crippen molar-refractivity contribution in [1.82, 2.24) is 5.32 Å². The van der Waals surface area contributed by atoms with Crippen LogP contribution >= 0.6 is 0 Å². The van der Waals surface area contributed by atoms with Gasteiger partial charge in [-0.1, -0.05) is 0 Å². The molecule has 1 aromatic rings. The standard InChI is InChI=1S/C15H19N3O3/c1-3-21-15(19)14-10-17-6-7-18(14)13-8-12(20-2)5-4-11(13)9-16/h4-5,8,14,17H,3,6-7,10H2,1-2H3. The molecule has 1 aromatic carbocycles. The molecule has 1 unspecified atom stereocenters. The highest BCUT2D eigenvalue weighted by Crippen LogP contribution is 2.28. The monoisotopic (exact) mass is 289 g/mol. The molecule has 2 rings (SSSR count). The molecule has 0 spiro atoms. The van der Waals surface area contributed by atoms with Crippen LogP contribution in [-0.4, -0.2) is 45.4 Å². The zero-order chi connectivity index (χ0) is 15.2. The summed E-state index contributed by atoms with van der Waals surface area (Å²) in [7, 11) is 1.58. The topological polar surface area (TPSA) is 74.6 Å². The SMILES string of the molecule is CCOC(=O)C1CNCCN1c1cc(OC)ccc1C#N. The van der Waals surface area contributed by atoms with Crippen LogP contribution in [0.2, 0.25) is 0 Å². The fourth-order valence-electron chi connectivity index (χ4n) is 2.41. The van der Waals surface area contributed by atoms with Crippen LogP contribution in [-0.2, 0) is 9.53 Å². The van der Waals surface area contributed by atoms with Gasteiger partial charge in [0.1, 0.15) is 17.9 Å². The molecule has 21 heavy (non-hydrogen) atoms. The fraction of sp³-hybridized carbons (Fsp3) is 0.467. The molecule has 1 atom stereocenters. The van der Waals surface area contributed by atoms with Crippen molar-refractivity contribution in [3.05, 3.63) is 23.8 Å². The molecule has 1 aliphatic heterocycles. The van der Waals surface area contributed by atoms with E-state index in [0.717, 1.165) is 6.54 Å². The van der Waals surface area contributed by atoms with Crippen molar-refractivity contribution in [1.29, 1.82) is 5.26 Å². The van der Waals surface area contributed by atoms with Crippen LogP contribution < -0.4 is 15.0 Å². The summed E-state index contributed by atoms with van der Waals surface area (Å²) in [5, 5.41) is 12.5. The number of hydrogen-bond acceptors (Lipinski definition) is 6. The zero-order valence-electron chi connectivity index (χ0n) is 12.3. The summed E-state index contributed by atoms with van der Waals surface area (Å²) >= 11 is 0. The van der Waals surface area contributed by atoms with Gasteiger partial charge >= 0.3 is 5.97 Å². The number of carbonyl (C=O) groups is 1. The molecule has 0 radical (unpaired) electrons. The van der Waals surface area contributed by atoms with Crippen LogP contribution in [0.25, 0.3) is 0 Å². The summed E-state index contributed by atoms with van der Waals surface area (Å²) < 4.78 is 10.3. The molecule has 0 aliphatic carbocycles. The molecule has 1 fully saturated rings. The Labute approximate surface area is 124 Å². The minimum atomic E-state index is -0.432. The van der Waals surface area contributed by atoms with E-state index in [4.69, 9.17) is 9.47 Å².